The van der Waals surface area contributed by atoms with Gasteiger partial charge in [0.1, 0.15) is 14.0 Å². The van der Waals surface area contributed by atoms with Crippen molar-refractivity contribution in [1.82, 2.24) is 20.2 Å². The van der Waals surface area contributed by atoms with E-state index in [9.17, 15) is 0 Å². The number of aromatic nitrogens is 4. The molecule has 0 saturated heterocycles. The molecule has 106 valence electrons. The molecule has 0 saturated carbocycles. The minimum atomic E-state index is 0.473. The van der Waals surface area contributed by atoms with Crippen LogP contribution in [0.3, 0.4) is 0 Å². The molecule has 8 heteroatoms. The Hall–Kier alpha value is -1.25. The van der Waals surface area contributed by atoms with Crippen LogP contribution in [0, 0.1) is 3.70 Å². The van der Waals surface area contributed by atoms with Crippen LogP contribution in [0.2, 0.25) is 10.3 Å². The van der Waals surface area contributed by atoms with Crippen molar-refractivity contribution in [3.63, 3.8) is 0 Å². The minimum absolute atomic E-state index is 0.473. The molecule has 0 fully saturated rings. The number of rotatable bonds is 0. The van der Waals surface area contributed by atoms with Crippen LogP contribution >= 0.6 is 45.8 Å². The van der Waals surface area contributed by atoms with Crippen LogP contribution in [-0.4, -0.2) is 26.4 Å². The zero-order valence-corrected chi connectivity index (χ0v) is 14.2. The first kappa shape index (κ1) is 14.7. The molecule has 0 unspecified atom stereocenters. The van der Waals surface area contributed by atoms with Crippen molar-refractivity contribution in [3.8, 4) is 0 Å². The minimum Gasteiger partial charge on any atom is -0.288 e. The van der Waals surface area contributed by atoms with Gasteiger partial charge >= 0.3 is 0 Å². The van der Waals surface area contributed by atoms with Crippen LogP contribution in [0.4, 0.5) is 0 Å². The molecule has 21 heavy (non-hydrogen) atoms. The summed E-state index contributed by atoms with van der Waals surface area (Å²) in [5.41, 5.74) is 3.11. The number of H-pyrrole nitrogens is 1. The van der Waals surface area contributed by atoms with Crippen molar-refractivity contribution < 1.29 is 0 Å². The summed E-state index contributed by atoms with van der Waals surface area (Å²) in [7, 11) is 0. The van der Waals surface area contributed by atoms with Crippen LogP contribution in [0.25, 0.3) is 10.9 Å². The van der Waals surface area contributed by atoms with E-state index in [0.717, 1.165) is 26.7 Å². The third-order valence-corrected chi connectivity index (χ3v) is 4.08. The Morgan fingerprint density at radius 2 is 1.86 bits per heavy atom. The zero-order chi connectivity index (χ0) is 14.8. The molecular weight excluding hydrogens is 424 g/mol. The number of pyridine rings is 2. The smallest absolute Gasteiger partial charge is 0.131 e. The van der Waals surface area contributed by atoms with E-state index in [-0.39, 0.29) is 0 Å². The molecule has 1 aliphatic rings. The monoisotopic (exact) mass is 431 g/mol. The van der Waals surface area contributed by atoms with Gasteiger partial charge in [0.25, 0.3) is 0 Å². The lowest BCUT2D eigenvalue weighted by Crippen LogP contribution is -1.85. The molecule has 5 nitrogen and oxygen atoms in total. The molecule has 0 aromatic carbocycles. The lowest BCUT2D eigenvalue weighted by molar-refractivity contribution is 1.09. The number of hydrogen-bond donors (Lipinski definition) is 1. The molecule has 0 bridgehead atoms. The predicted octanol–water partition coefficient (Wildman–Crippen LogP) is 3.88. The summed E-state index contributed by atoms with van der Waals surface area (Å²) in [6.45, 7) is 0.748. The largest absolute Gasteiger partial charge is 0.288 e. The highest BCUT2D eigenvalue weighted by Crippen LogP contribution is 2.18. The maximum atomic E-state index is 5.66. The van der Waals surface area contributed by atoms with E-state index >= 15 is 0 Å². The van der Waals surface area contributed by atoms with E-state index in [1.54, 1.807) is 18.5 Å². The van der Waals surface area contributed by atoms with Gasteiger partial charge in [-0.3, -0.25) is 10.1 Å². The Morgan fingerprint density at radius 3 is 2.71 bits per heavy atom. The van der Waals surface area contributed by atoms with Crippen molar-refractivity contribution in [3.05, 3.63) is 49.7 Å². The lowest BCUT2D eigenvalue weighted by atomic mass is 10.2. The highest BCUT2D eigenvalue weighted by molar-refractivity contribution is 14.1. The van der Waals surface area contributed by atoms with E-state index < -0.39 is 0 Å². The summed E-state index contributed by atoms with van der Waals surface area (Å²) >= 11 is 13.5. The summed E-state index contributed by atoms with van der Waals surface area (Å²) in [5.74, 6) is 0. The lowest BCUT2D eigenvalue weighted by Gasteiger charge is -1.94. The van der Waals surface area contributed by atoms with Gasteiger partial charge in [-0.2, -0.15) is 5.10 Å². The molecule has 4 heterocycles. The number of aromatic amines is 1. The Balaban J connectivity index is 0.000000126. The number of hydrogen-bond acceptors (Lipinski definition) is 4. The fraction of sp³-hybridized carbons (Fsp3) is 0.0769. The van der Waals surface area contributed by atoms with E-state index in [2.05, 4.69) is 47.7 Å². The average Bonchev–Trinajstić information content (AvgIpc) is 3.06. The van der Waals surface area contributed by atoms with Crippen LogP contribution in [0.5, 0.6) is 0 Å². The van der Waals surface area contributed by atoms with Crippen LogP contribution < -0.4 is 0 Å². The molecule has 0 spiro atoms. The predicted molar refractivity (Wildman–Crippen MR) is 92.2 cm³/mol. The fourth-order valence-corrected chi connectivity index (χ4v) is 2.69. The maximum absolute atomic E-state index is 5.66. The summed E-state index contributed by atoms with van der Waals surface area (Å²) < 4.78 is 0.988. The van der Waals surface area contributed by atoms with Crippen LogP contribution in [-0.2, 0) is 6.54 Å². The van der Waals surface area contributed by atoms with Gasteiger partial charge in [-0.05, 0) is 34.2 Å². The number of aliphatic imine (C=N–C) groups is 1. The molecule has 3 aromatic rings. The van der Waals surface area contributed by atoms with Gasteiger partial charge in [-0.25, -0.2) is 9.97 Å². The number of nitrogens with zero attached hydrogens (tertiary/aromatic N) is 4. The Bertz CT molecular complexity index is 831. The van der Waals surface area contributed by atoms with Gasteiger partial charge in [0.15, 0.2) is 0 Å². The molecule has 1 N–H and O–H groups in total. The third kappa shape index (κ3) is 3.33. The first-order chi connectivity index (χ1) is 10.1. The van der Waals surface area contributed by atoms with Gasteiger partial charge in [0.2, 0.25) is 0 Å². The van der Waals surface area contributed by atoms with E-state index in [1.807, 2.05) is 12.3 Å². The van der Waals surface area contributed by atoms with Crippen molar-refractivity contribution in [2.75, 3.05) is 0 Å². The van der Waals surface area contributed by atoms with Crippen LogP contribution in [0.15, 0.2) is 29.5 Å². The van der Waals surface area contributed by atoms with Crippen molar-refractivity contribution in [1.29, 1.82) is 0 Å². The molecular formula is C13H8Cl2IN5. The van der Waals surface area contributed by atoms with Crippen molar-refractivity contribution in [2.45, 2.75) is 6.54 Å². The summed E-state index contributed by atoms with van der Waals surface area (Å²) in [4.78, 5) is 11.9. The molecule has 4 rings (SSSR count). The topological polar surface area (TPSA) is 66.8 Å². The molecule has 0 atom stereocenters. The van der Waals surface area contributed by atoms with Gasteiger partial charge in [-0.1, -0.05) is 23.2 Å². The fourth-order valence-electron chi connectivity index (χ4n) is 1.83. The third-order valence-electron chi connectivity index (χ3n) is 2.84. The summed E-state index contributed by atoms with van der Waals surface area (Å²) in [6, 6.07) is 3.58. The standard InChI is InChI=1S/C7H5ClN2.C6H3ClIN3/c8-7-1-5-2-9-3-6(5)4-10-7;7-5-1-4-3(2-9-5)6(8)11-10-4/h1,3-4H,2H2;1-2H,(H,10,11). The van der Waals surface area contributed by atoms with Gasteiger partial charge in [-0.15, -0.1) is 0 Å². The van der Waals surface area contributed by atoms with Crippen LogP contribution in [0.1, 0.15) is 11.1 Å². The highest BCUT2D eigenvalue weighted by Gasteiger charge is 2.05. The molecule has 0 aliphatic carbocycles. The zero-order valence-electron chi connectivity index (χ0n) is 10.5. The Morgan fingerprint density at radius 1 is 1.10 bits per heavy atom. The van der Waals surface area contributed by atoms with Crippen molar-refractivity contribution in [2.24, 2.45) is 4.99 Å². The molecule has 0 amide bonds. The Labute approximate surface area is 144 Å². The highest BCUT2D eigenvalue weighted by atomic mass is 127. The van der Waals surface area contributed by atoms with Gasteiger partial charge in [0.05, 0.1) is 17.4 Å². The summed E-state index contributed by atoms with van der Waals surface area (Å²) in [5, 5.41) is 8.89. The van der Waals surface area contributed by atoms with Crippen molar-refractivity contribution >= 4 is 62.9 Å². The van der Waals surface area contributed by atoms with E-state index in [4.69, 9.17) is 23.2 Å². The average molecular weight is 432 g/mol. The number of halogens is 3. The Kier molecular flexibility index (Phi) is 4.37. The molecule has 0 radical (unpaired) electrons. The number of nitrogens with one attached hydrogen (secondary N) is 1. The van der Waals surface area contributed by atoms with E-state index in [1.165, 1.54) is 5.56 Å². The van der Waals surface area contributed by atoms with E-state index in [0.29, 0.717) is 10.3 Å². The first-order valence-electron chi connectivity index (χ1n) is 5.93. The SMILES string of the molecule is Clc1cc2c(cn1)C=NC2.Clc1cc2n[nH]c(I)c2cn1. The second kappa shape index (κ2) is 6.25. The van der Waals surface area contributed by atoms with Gasteiger partial charge < -0.3 is 0 Å². The number of fused-ring (bicyclic) bond motifs is 2. The normalized spacial score (nSPS) is 12.1. The first-order valence-corrected chi connectivity index (χ1v) is 7.76. The molecule has 1 aliphatic heterocycles. The maximum Gasteiger partial charge on any atom is 0.131 e. The second-order valence-electron chi connectivity index (χ2n) is 4.24. The summed E-state index contributed by atoms with van der Waals surface area (Å²) in [6.07, 6.45) is 5.27. The quantitative estimate of drug-likeness (QED) is 0.433. The second-order valence-corrected chi connectivity index (χ2v) is 6.09. The molecule has 3 aromatic heterocycles. The van der Waals surface area contributed by atoms with Gasteiger partial charge in [0, 0.05) is 30.2 Å².